The Balaban J connectivity index is 1.43. The number of hydrogen-bond acceptors (Lipinski definition) is 4. The molecule has 2 aliphatic heterocycles. The predicted octanol–water partition coefficient (Wildman–Crippen LogP) is 4.21. The van der Waals surface area contributed by atoms with Crippen molar-refractivity contribution >= 4 is 9.84 Å². The molecule has 2 aromatic rings. The third-order valence-corrected chi connectivity index (χ3v) is 6.91. The number of benzene rings is 2. The second kappa shape index (κ2) is 6.81. The Morgan fingerprint density at radius 2 is 1.48 bits per heavy atom. The number of para-hydroxylation sites is 1. The molecule has 0 aromatic heterocycles. The van der Waals surface area contributed by atoms with Gasteiger partial charge < -0.3 is 9.47 Å². The third kappa shape index (κ3) is 3.88. The zero-order valence-corrected chi connectivity index (χ0v) is 14.8. The van der Waals surface area contributed by atoms with Crippen LogP contribution < -0.4 is 4.74 Å². The van der Waals surface area contributed by atoms with Crippen LogP contribution in [-0.4, -0.2) is 26.4 Å². The highest BCUT2D eigenvalue weighted by atomic mass is 32.2. The van der Waals surface area contributed by atoms with E-state index in [9.17, 15) is 8.42 Å². The average Bonchev–Trinajstić information content (AvgIpc) is 2.94. The van der Waals surface area contributed by atoms with E-state index < -0.39 is 9.84 Å². The molecular weight excluding hydrogens is 336 g/mol. The summed E-state index contributed by atoms with van der Waals surface area (Å²) in [6.45, 7) is 0. The van der Waals surface area contributed by atoms with E-state index in [1.807, 2.05) is 30.3 Å². The van der Waals surface area contributed by atoms with E-state index >= 15 is 0 Å². The molecule has 4 rings (SSSR count). The Hall–Kier alpha value is -1.85. The highest BCUT2D eigenvalue weighted by molar-refractivity contribution is 7.91. The number of sulfone groups is 1. The zero-order chi connectivity index (χ0) is 17.3. The van der Waals surface area contributed by atoms with Crippen LogP contribution in [0.1, 0.15) is 25.7 Å². The molecule has 0 aliphatic carbocycles. The highest BCUT2D eigenvalue weighted by Gasteiger charge is 2.36. The SMILES string of the molecule is O=S(=O)(CC1CC2CCC(C1)O2)c1ccc(Oc2ccccc2)cc1. The lowest BCUT2D eigenvalue weighted by Gasteiger charge is -2.28. The van der Waals surface area contributed by atoms with E-state index in [1.54, 1.807) is 24.3 Å². The van der Waals surface area contributed by atoms with E-state index in [-0.39, 0.29) is 23.9 Å². The van der Waals surface area contributed by atoms with Crippen molar-refractivity contribution in [1.82, 2.24) is 0 Å². The molecule has 2 unspecified atom stereocenters. The summed E-state index contributed by atoms with van der Waals surface area (Å²) in [7, 11) is -3.28. The zero-order valence-electron chi connectivity index (χ0n) is 14.0. The van der Waals surface area contributed by atoms with Crippen LogP contribution in [0.15, 0.2) is 59.5 Å². The number of ether oxygens (including phenoxy) is 2. The van der Waals surface area contributed by atoms with Gasteiger partial charge in [0.2, 0.25) is 0 Å². The Labute approximate surface area is 148 Å². The molecule has 2 bridgehead atoms. The van der Waals surface area contributed by atoms with Crippen LogP contribution in [-0.2, 0) is 14.6 Å². The lowest BCUT2D eigenvalue weighted by molar-refractivity contribution is -0.0145. The minimum atomic E-state index is -3.28. The van der Waals surface area contributed by atoms with E-state index in [1.165, 1.54) is 0 Å². The van der Waals surface area contributed by atoms with Crippen molar-refractivity contribution in [3.63, 3.8) is 0 Å². The van der Waals surface area contributed by atoms with Crippen molar-refractivity contribution in [2.75, 3.05) is 5.75 Å². The minimum Gasteiger partial charge on any atom is -0.457 e. The molecular formula is C20H22O4S. The molecule has 0 radical (unpaired) electrons. The van der Waals surface area contributed by atoms with Crippen LogP contribution in [0.5, 0.6) is 11.5 Å². The molecule has 5 heteroatoms. The van der Waals surface area contributed by atoms with Crippen molar-refractivity contribution in [3.05, 3.63) is 54.6 Å². The summed E-state index contributed by atoms with van der Waals surface area (Å²) in [5.41, 5.74) is 0. The molecule has 0 amide bonds. The van der Waals surface area contributed by atoms with Crippen LogP contribution >= 0.6 is 0 Å². The van der Waals surface area contributed by atoms with Crippen molar-refractivity contribution < 1.29 is 17.9 Å². The first-order valence-corrected chi connectivity index (χ1v) is 10.4. The lowest BCUT2D eigenvalue weighted by atomic mass is 9.98. The molecule has 2 aliphatic rings. The van der Waals surface area contributed by atoms with Gasteiger partial charge in [0.05, 0.1) is 22.9 Å². The Morgan fingerprint density at radius 3 is 2.12 bits per heavy atom. The van der Waals surface area contributed by atoms with Gasteiger partial charge in [0.15, 0.2) is 9.84 Å². The van der Waals surface area contributed by atoms with Gasteiger partial charge in [0, 0.05) is 0 Å². The van der Waals surface area contributed by atoms with Gasteiger partial charge in [0.25, 0.3) is 0 Å². The first kappa shape index (κ1) is 16.6. The summed E-state index contributed by atoms with van der Waals surface area (Å²) in [6.07, 6.45) is 4.41. The van der Waals surface area contributed by atoms with Crippen LogP contribution in [0, 0.1) is 5.92 Å². The molecule has 132 valence electrons. The van der Waals surface area contributed by atoms with E-state index in [0.29, 0.717) is 10.6 Å². The Morgan fingerprint density at radius 1 is 0.880 bits per heavy atom. The number of fused-ring (bicyclic) bond motifs is 2. The summed E-state index contributed by atoms with van der Waals surface area (Å²) in [4.78, 5) is 0.367. The first-order chi connectivity index (χ1) is 12.1. The van der Waals surface area contributed by atoms with Crippen molar-refractivity contribution in [2.24, 2.45) is 5.92 Å². The maximum atomic E-state index is 12.7. The van der Waals surface area contributed by atoms with Gasteiger partial charge in [-0.25, -0.2) is 8.42 Å². The number of rotatable bonds is 5. The standard InChI is InChI=1S/C20H22O4S/c21-25(22,14-15-12-18-6-7-19(13-15)24-18)20-10-8-17(9-11-20)23-16-4-2-1-3-5-16/h1-5,8-11,15,18-19H,6-7,12-14H2. The van der Waals surface area contributed by atoms with Crippen LogP contribution in [0.2, 0.25) is 0 Å². The average molecular weight is 358 g/mol. The third-order valence-electron chi connectivity index (χ3n) is 5.00. The quantitative estimate of drug-likeness (QED) is 0.803. The van der Waals surface area contributed by atoms with Gasteiger partial charge in [0.1, 0.15) is 11.5 Å². The monoisotopic (exact) mass is 358 g/mol. The number of hydrogen-bond donors (Lipinski definition) is 0. The molecule has 2 heterocycles. The topological polar surface area (TPSA) is 52.6 Å². The Kier molecular flexibility index (Phi) is 4.52. The molecule has 25 heavy (non-hydrogen) atoms. The second-order valence-corrected chi connectivity index (χ2v) is 9.00. The fraction of sp³-hybridized carbons (Fsp3) is 0.400. The summed E-state index contributed by atoms with van der Waals surface area (Å²) in [5, 5.41) is 0. The fourth-order valence-corrected chi connectivity index (χ4v) is 5.48. The first-order valence-electron chi connectivity index (χ1n) is 8.80. The molecule has 2 fully saturated rings. The molecule has 2 saturated heterocycles. The molecule has 0 N–H and O–H groups in total. The minimum absolute atomic E-state index is 0.205. The largest absolute Gasteiger partial charge is 0.457 e. The summed E-state index contributed by atoms with van der Waals surface area (Å²) < 4.78 is 37.0. The smallest absolute Gasteiger partial charge is 0.178 e. The fourth-order valence-electron chi connectivity index (χ4n) is 3.85. The summed E-state index contributed by atoms with van der Waals surface area (Å²) in [5.74, 6) is 1.78. The highest BCUT2D eigenvalue weighted by Crippen LogP contribution is 2.37. The van der Waals surface area contributed by atoms with Gasteiger partial charge in [-0.05, 0) is 68.0 Å². The molecule has 2 atom stereocenters. The van der Waals surface area contributed by atoms with Gasteiger partial charge in [-0.1, -0.05) is 18.2 Å². The maximum Gasteiger partial charge on any atom is 0.178 e. The van der Waals surface area contributed by atoms with Gasteiger partial charge in [-0.2, -0.15) is 0 Å². The molecule has 2 aromatic carbocycles. The van der Waals surface area contributed by atoms with Crippen LogP contribution in [0.3, 0.4) is 0 Å². The second-order valence-electron chi connectivity index (χ2n) is 6.96. The van der Waals surface area contributed by atoms with Gasteiger partial charge in [-0.15, -0.1) is 0 Å². The molecule has 0 spiro atoms. The summed E-state index contributed by atoms with van der Waals surface area (Å²) >= 11 is 0. The van der Waals surface area contributed by atoms with Crippen molar-refractivity contribution in [3.8, 4) is 11.5 Å². The van der Waals surface area contributed by atoms with E-state index in [2.05, 4.69) is 0 Å². The van der Waals surface area contributed by atoms with E-state index in [4.69, 9.17) is 9.47 Å². The predicted molar refractivity (Wildman–Crippen MR) is 95.6 cm³/mol. The normalized spacial score (nSPS) is 25.7. The molecule has 4 nitrogen and oxygen atoms in total. The van der Waals surface area contributed by atoms with E-state index in [0.717, 1.165) is 31.4 Å². The maximum absolute atomic E-state index is 12.7. The lowest BCUT2D eigenvalue weighted by Crippen LogP contribution is -2.29. The van der Waals surface area contributed by atoms with Crippen LogP contribution in [0.4, 0.5) is 0 Å². The van der Waals surface area contributed by atoms with Crippen molar-refractivity contribution in [1.29, 1.82) is 0 Å². The summed E-state index contributed by atoms with van der Waals surface area (Å²) in [6, 6.07) is 16.2. The Bertz CT molecular complexity index is 803. The molecule has 0 saturated carbocycles. The van der Waals surface area contributed by atoms with Crippen molar-refractivity contribution in [2.45, 2.75) is 42.8 Å². The van der Waals surface area contributed by atoms with Gasteiger partial charge in [-0.3, -0.25) is 0 Å². The van der Waals surface area contributed by atoms with Crippen LogP contribution in [0.25, 0.3) is 0 Å². The van der Waals surface area contributed by atoms with Gasteiger partial charge >= 0.3 is 0 Å².